The largest absolute Gasteiger partial charge is 0.494 e. The number of imidazole rings is 1. The van der Waals surface area contributed by atoms with Gasteiger partial charge in [0.15, 0.2) is 0 Å². The molecule has 0 unspecified atom stereocenters. The third kappa shape index (κ3) is 6.23. The topological polar surface area (TPSA) is 124 Å². The second-order valence-electron chi connectivity index (χ2n) is 7.71. The Morgan fingerprint density at radius 1 is 1.11 bits per heavy atom. The normalized spacial score (nSPS) is 10.8. The zero-order valence-electron chi connectivity index (χ0n) is 19.4. The van der Waals surface area contributed by atoms with Gasteiger partial charge in [0.1, 0.15) is 22.3 Å². The first-order valence-corrected chi connectivity index (χ1v) is 12.9. The molecule has 0 spiro atoms. The maximum absolute atomic E-state index is 13.3. The van der Waals surface area contributed by atoms with E-state index in [1.54, 1.807) is 18.3 Å². The van der Waals surface area contributed by atoms with E-state index in [0.717, 1.165) is 11.4 Å². The summed E-state index contributed by atoms with van der Waals surface area (Å²) in [7, 11) is 1.41. The Balaban J connectivity index is 1.60. The smallest absolute Gasteiger partial charge is 0.267 e. The highest BCUT2D eigenvalue weighted by Crippen LogP contribution is 2.35. The van der Waals surface area contributed by atoms with Crippen molar-refractivity contribution in [3.63, 3.8) is 0 Å². The summed E-state index contributed by atoms with van der Waals surface area (Å²) in [5, 5.41) is 8.20. The SMILES string of the molecule is COc1cc(Cl)cc(C(=O)Nc2ccc(Cl)cn2)c1NC(=O)c1scc(Cn2ccnc2CCN)c1Cl. The molecule has 0 saturated carbocycles. The van der Waals surface area contributed by atoms with Crippen molar-refractivity contribution in [2.24, 2.45) is 5.73 Å². The van der Waals surface area contributed by atoms with Crippen molar-refractivity contribution in [1.29, 1.82) is 0 Å². The van der Waals surface area contributed by atoms with E-state index in [1.807, 2.05) is 16.1 Å². The van der Waals surface area contributed by atoms with Crippen molar-refractivity contribution < 1.29 is 14.3 Å². The Morgan fingerprint density at radius 2 is 1.92 bits per heavy atom. The fourth-order valence-electron chi connectivity index (χ4n) is 3.52. The van der Waals surface area contributed by atoms with E-state index in [0.29, 0.717) is 29.6 Å². The van der Waals surface area contributed by atoms with Crippen molar-refractivity contribution in [2.75, 3.05) is 24.3 Å². The zero-order chi connectivity index (χ0) is 26.5. The standard InChI is InChI=1S/C24H21Cl3N6O3S/c1-36-17-9-15(26)8-16(23(34)31-18-3-2-14(25)10-30-18)21(17)32-24(35)22-20(27)13(12-37-22)11-33-7-6-29-19(33)4-5-28/h2-3,6-10,12H,4-5,11,28H2,1H3,(H,32,35)(H,30,31,34). The Morgan fingerprint density at radius 3 is 2.62 bits per heavy atom. The number of anilines is 2. The van der Waals surface area contributed by atoms with Gasteiger partial charge in [0.05, 0.1) is 35.0 Å². The molecular formula is C24H21Cl3N6O3S. The Bertz CT molecular complexity index is 1440. The molecule has 0 bridgehead atoms. The molecule has 0 atom stereocenters. The Labute approximate surface area is 231 Å². The molecule has 4 N–H and O–H groups in total. The third-order valence-corrected chi connectivity index (χ3v) is 7.27. The molecule has 0 aliphatic heterocycles. The van der Waals surface area contributed by atoms with Crippen LogP contribution < -0.4 is 21.1 Å². The van der Waals surface area contributed by atoms with Crippen LogP contribution in [0.25, 0.3) is 0 Å². The fraction of sp³-hybridized carbons (Fsp3) is 0.167. The molecule has 1 aromatic carbocycles. The lowest BCUT2D eigenvalue weighted by Gasteiger charge is -2.15. The van der Waals surface area contributed by atoms with Crippen LogP contribution in [0.3, 0.4) is 0 Å². The predicted octanol–water partition coefficient (Wildman–Crippen LogP) is 5.36. The number of halogens is 3. The van der Waals surface area contributed by atoms with E-state index in [4.69, 9.17) is 45.3 Å². The first-order valence-electron chi connectivity index (χ1n) is 10.9. The summed E-state index contributed by atoms with van der Waals surface area (Å²) in [5.41, 5.74) is 6.62. The molecule has 192 valence electrons. The molecule has 4 rings (SSSR count). The minimum absolute atomic E-state index is 0.0761. The number of ether oxygens (including phenoxy) is 1. The maximum atomic E-state index is 13.3. The van der Waals surface area contributed by atoms with Gasteiger partial charge in [-0.25, -0.2) is 9.97 Å². The van der Waals surface area contributed by atoms with E-state index in [-0.39, 0.29) is 32.7 Å². The van der Waals surface area contributed by atoms with Gasteiger partial charge in [-0.3, -0.25) is 9.59 Å². The monoisotopic (exact) mass is 578 g/mol. The molecule has 0 saturated heterocycles. The number of nitrogens with zero attached hydrogens (tertiary/aromatic N) is 3. The van der Waals surface area contributed by atoms with Crippen molar-refractivity contribution in [1.82, 2.24) is 14.5 Å². The van der Waals surface area contributed by atoms with Gasteiger partial charge in [0.25, 0.3) is 11.8 Å². The summed E-state index contributed by atoms with van der Waals surface area (Å²) >= 11 is 19.9. The number of thiophene rings is 1. The molecule has 37 heavy (non-hydrogen) atoms. The summed E-state index contributed by atoms with van der Waals surface area (Å²) in [6.07, 6.45) is 5.54. The fourth-order valence-corrected chi connectivity index (χ4v) is 5.08. The number of nitrogens with two attached hydrogens (primary N) is 1. The molecule has 0 radical (unpaired) electrons. The van der Waals surface area contributed by atoms with Gasteiger partial charge in [-0.1, -0.05) is 34.8 Å². The molecule has 2 amide bonds. The van der Waals surface area contributed by atoms with Gasteiger partial charge >= 0.3 is 0 Å². The van der Waals surface area contributed by atoms with E-state index >= 15 is 0 Å². The first kappa shape index (κ1) is 26.9. The molecule has 9 nitrogen and oxygen atoms in total. The molecule has 0 aliphatic rings. The van der Waals surface area contributed by atoms with E-state index in [2.05, 4.69) is 20.6 Å². The first-order chi connectivity index (χ1) is 17.8. The van der Waals surface area contributed by atoms with Gasteiger partial charge in [-0.05, 0) is 30.1 Å². The van der Waals surface area contributed by atoms with Crippen molar-refractivity contribution >= 4 is 69.5 Å². The minimum atomic E-state index is -0.559. The predicted molar refractivity (Wildman–Crippen MR) is 147 cm³/mol. The van der Waals surface area contributed by atoms with Crippen LogP contribution in [0.2, 0.25) is 15.1 Å². The number of carbonyl (C=O) groups excluding carboxylic acids is 2. The van der Waals surface area contributed by atoms with Gasteiger partial charge in [-0.2, -0.15) is 0 Å². The van der Waals surface area contributed by atoms with E-state index < -0.39 is 11.8 Å². The van der Waals surface area contributed by atoms with Crippen LogP contribution in [0.4, 0.5) is 11.5 Å². The number of rotatable bonds is 9. The number of hydrogen-bond donors (Lipinski definition) is 3. The average Bonchev–Trinajstić information content (AvgIpc) is 3.47. The van der Waals surface area contributed by atoms with Gasteiger partial charge in [0.2, 0.25) is 0 Å². The molecular weight excluding hydrogens is 559 g/mol. The van der Waals surface area contributed by atoms with Crippen molar-refractivity contribution in [2.45, 2.75) is 13.0 Å². The molecule has 3 heterocycles. The van der Waals surface area contributed by atoms with Crippen LogP contribution in [-0.2, 0) is 13.0 Å². The highest BCUT2D eigenvalue weighted by molar-refractivity contribution is 7.13. The number of carbonyl (C=O) groups is 2. The Hall–Kier alpha value is -3.15. The van der Waals surface area contributed by atoms with E-state index in [9.17, 15) is 9.59 Å². The zero-order valence-corrected chi connectivity index (χ0v) is 22.5. The van der Waals surface area contributed by atoms with Gasteiger partial charge in [0, 0.05) is 41.7 Å². The van der Waals surface area contributed by atoms with Crippen LogP contribution in [0, 0.1) is 0 Å². The minimum Gasteiger partial charge on any atom is -0.494 e. The van der Waals surface area contributed by atoms with Crippen molar-refractivity contribution in [3.05, 3.63) is 85.1 Å². The van der Waals surface area contributed by atoms with Crippen LogP contribution in [-0.4, -0.2) is 40.0 Å². The highest BCUT2D eigenvalue weighted by Gasteiger charge is 2.23. The quantitative estimate of drug-likeness (QED) is 0.245. The molecule has 3 aromatic heterocycles. The van der Waals surface area contributed by atoms with Gasteiger partial charge < -0.3 is 25.7 Å². The van der Waals surface area contributed by atoms with Crippen LogP contribution in [0.15, 0.2) is 48.2 Å². The molecule has 0 aliphatic carbocycles. The number of amides is 2. The summed E-state index contributed by atoms with van der Waals surface area (Å²) < 4.78 is 7.33. The van der Waals surface area contributed by atoms with Gasteiger partial charge in [-0.15, -0.1) is 11.3 Å². The summed E-state index contributed by atoms with van der Waals surface area (Å²) in [5.74, 6) is 0.232. The van der Waals surface area contributed by atoms with Crippen molar-refractivity contribution in [3.8, 4) is 5.75 Å². The summed E-state index contributed by atoms with van der Waals surface area (Å²) in [6, 6.07) is 6.05. The van der Waals surface area contributed by atoms with Crippen LogP contribution in [0.5, 0.6) is 5.75 Å². The second-order valence-corrected chi connectivity index (χ2v) is 9.85. The molecule has 0 fully saturated rings. The van der Waals surface area contributed by atoms with Crippen LogP contribution >= 0.6 is 46.1 Å². The number of aromatic nitrogens is 3. The summed E-state index contributed by atoms with van der Waals surface area (Å²) in [4.78, 5) is 35.0. The number of nitrogens with one attached hydrogen (secondary N) is 2. The number of methoxy groups -OCH3 is 1. The maximum Gasteiger partial charge on any atom is 0.267 e. The number of benzene rings is 1. The molecule has 13 heteroatoms. The lowest BCUT2D eigenvalue weighted by molar-refractivity contribution is 0.102. The summed E-state index contributed by atoms with van der Waals surface area (Å²) in [6.45, 7) is 0.902. The number of pyridine rings is 1. The lowest BCUT2D eigenvalue weighted by Crippen LogP contribution is -2.19. The van der Waals surface area contributed by atoms with Crippen LogP contribution in [0.1, 0.15) is 31.4 Å². The highest BCUT2D eigenvalue weighted by atomic mass is 35.5. The average molecular weight is 580 g/mol. The molecule has 4 aromatic rings. The van der Waals surface area contributed by atoms with E-state index in [1.165, 1.54) is 36.8 Å². The number of hydrogen-bond acceptors (Lipinski definition) is 7. The second kappa shape index (κ2) is 11.9. The Kier molecular flexibility index (Phi) is 8.67. The lowest BCUT2D eigenvalue weighted by atomic mass is 10.1. The third-order valence-electron chi connectivity index (χ3n) is 5.26.